The van der Waals surface area contributed by atoms with Crippen LogP contribution in [0.4, 0.5) is 5.82 Å². The summed E-state index contributed by atoms with van der Waals surface area (Å²) in [6.07, 6.45) is 0.963. The summed E-state index contributed by atoms with van der Waals surface area (Å²) in [7, 11) is 3.13. The summed E-state index contributed by atoms with van der Waals surface area (Å²) >= 11 is 5.43. The summed E-state index contributed by atoms with van der Waals surface area (Å²) in [5.41, 5.74) is 8.59. The van der Waals surface area contributed by atoms with Crippen molar-refractivity contribution in [2.75, 3.05) is 20.0 Å². The van der Waals surface area contributed by atoms with E-state index >= 15 is 0 Å². The van der Waals surface area contributed by atoms with Crippen LogP contribution in [-0.4, -0.2) is 34.5 Å². The maximum Gasteiger partial charge on any atom is 0.201 e. The van der Waals surface area contributed by atoms with Crippen molar-refractivity contribution in [2.24, 2.45) is 0 Å². The zero-order chi connectivity index (χ0) is 21.3. The number of methoxy groups -OCH3 is 2. The van der Waals surface area contributed by atoms with Crippen molar-refractivity contribution in [1.82, 2.24) is 14.5 Å². The van der Waals surface area contributed by atoms with Crippen LogP contribution in [-0.2, 0) is 6.54 Å². The van der Waals surface area contributed by atoms with E-state index in [0.717, 1.165) is 16.3 Å². The Morgan fingerprint density at radius 2 is 1.90 bits per heavy atom. The summed E-state index contributed by atoms with van der Waals surface area (Å²) in [5.74, 6) is 1.67. The Morgan fingerprint density at radius 3 is 2.63 bits per heavy atom. The normalized spacial score (nSPS) is 11.1. The topological polar surface area (TPSA) is 95.2 Å². The van der Waals surface area contributed by atoms with Crippen molar-refractivity contribution in [3.05, 3.63) is 52.9 Å². The molecule has 4 rings (SSSR count). The highest BCUT2D eigenvalue weighted by molar-refractivity contribution is 7.71. The number of ether oxygens (including phenoxy) is 2. The number of nitrogens with two attached hydrogens (primary N) is 1. The number of anilines is 1. The molecule has 7 nitrogen and oxygen atoms in total. The van der Waals surface area contributed by atoms with Gasteiger partial charge in [0.2, 0.25) is 4.77 Å². The SMILES string of the molecule is COc1cc2nc(=S)n(CCCC(=O)c3cc4ccccc4[nH]3)c(N)c2cc1OC. The Morgan fingerprint density at radius 1 is 1.17 bits per heavy atom. The zero-order valence-electron chi connectivity index (χ0n) is 16.8. The molecule has 0 radical (unpaired) electrons. The number of hydrogen-bond donors (Lipinski definition) is 2. The van der Waals surface area contributed by atoms with Crippen LogP contribution in [0.2, 0.25) is 0 Å². The number of fused-ring (bicyclic) bond motifs is 2. The standard InChI is InChI=1S/C22H22N4O3S/c1-28-19-11-14-16(12-20(19)29-2)25-22(30)26(21(14)23)9-5-8-18(27)17-10-13-6-3-4-7-15(13)24-17/h3-4,6-7,10-12,24H,5,8-9,23H2,1-2H3. The number of rotatable bonds is 7. The molecule has 8 heteroatoms. The van der Waals surface area contributed by atoms with E-state index in [1.807, 2.05) is 30.3 Å². The van der Waals surface area contributed by atoms with Gasteiger partial charge in [-0.3, -0.25) is 4.79 Å². The van der Waals surface area contributed by atoms with Crippen LogP contribution in [0.25, 0.3) is 21.8 Å². The Bertz CT molecular complexity index is 1280. The second-order valence-corrected chi connectivity index (χ2v) is 7.32. The highest BCUT2D eigenvalue weighted by atomic mass is 32.1. The van der Waals surface area contributed by atoms with Gasteiger partial charge in [-0.2, -0.15) is 0 Å². The number of Topliss-reactive ketones (excluding diaryl/α,β-unsaturated/α-hetero) is 1. The van der Waals surface area contributed by atoms with Gasteiger partial charge < -0.3 is 24.8 Å². The largest absolute Gasteiger partial charge is 0.493 e. The Labute approximate surface area is 178 Å². The van der Waals surface area contributed by atoms with Crippen molar-refractivity contribution >= 4 is 45.6 Å². The molecular weight excluding hydrogens is 400 g/mol. The Balaban J connectivity index is 1.54. The van der Waals surface area contributed by atoms with Gasteiger partial charge in [-0.05, 0) is 36.8 Å². The molecule has 0 atom stereocenters. The molecule has 0 aliphatic rings. The van der Waals surface area contributed by atoms with Crippen molar-refractivity contribution in [1.29, 1.82) is 0 Å². The maximum absolute atomic E-state index is 12.6. The third kappa shape index (κ3) is 3.61. The monoisotopic (exact) mass is 422 g/mol. The summed E-state index contributed by atoms with van der Waals surface area (Å²) in [6.45, 7) is 0.494. The predicted molar refractivity (Wildman–Crippen MR) is 120 cm³/mol. The minimum Gasteiger partial charge on any atom is -0.493 e. The second kappa shape index (κ2) is 8.16. The van der Waals surface area contributed by atoms with Crippen molar-refractivity contribution in [3.8, 4) is 11.5 Å². The molecule has 0 saturated carbocycles. The smallest absolute Gasteiger partial charge is 0.201 e. The molecule has 0 fully saturated rings. The van der Waals surface area contributed by atoms with Crippen molar-refractivity contribution in [3.63, 3.8) is 0 Å². The van der Waals surface area contributed by atoms with E-state index in [2.05, 4.69) is 9.97 Å². The second-order valence-electron chi connectivity index (χ2n) is 6.95. The molecule has 0 aliphatic carbocycles. The average molecular weight is 423 g/mol. The molecule has 0 saturated heterocycles. The molecule has 2 aromatic heterocycles. The molecule has 30 heavy (non-hydrogen) atoms. The number of para-hydroxylation sites is 1. The first-order chi connectivity index (χ1) is 14.5. The van der Waals surface area contributed by atoms with Gasteiger partial charge in [0, 0.05) is 35.3 Å². The number of nitrogen functional groups attached to an aromatic ring is 1. The van der Waals surface area contributed by atoms with Crippen LogP contribution in [0.3, 0.4) is 0 Å². The number of aromatic nitrogens is 3. The lowest BCUT2D eigenvalue weighted by Gasteiger charge is -2.15. The lowest BCUT2D eigenvalue weighted by molar-refractivity contribution is 0.0974. The summed E-state index contributed by atoms with van der Waals surface area (Å²) in [4.78, 5) is 20.2. The number of carbonyl (C=O) groups excluding carboxylic acids is 1. The average Bonchev–Trinajstić information content (AvgIpc) is 3.19. The molecule has 2 aromatic carbocycles. The fourth-order valence-corrected chi connectivity index (χ4v) is 3.84. The van der Waals surface area contributed by atoms with Crippen LogP contribution in [0, 0.1) is 4.77 Å². The third-order valence-electron chi connectivity index (χ3n) is 5.13. The Hall–Kier alpha value is -3.39. The summed E-state index contributed by atoms with van der Waals surface area (Å²) < 4.78 is 12.8. The van der Waals surface area contributed by atoms with E-state index in [0.29, 0.717) is 52.7 Å². The molecule has 3 N–H and O–H groups in total. The highest BCUT2D eigenvalue weighted by Crippen LogP contribution is 2.33. The van der Waals surface area contributed by atoms with Gasteiger partial charge in [0.05, 0.1) is 25.4 Å². The molecule has 0 bridgehead atoms. The van der Waals surface area contributed by atoms with Crippen LogP contribution in [0.5, 0.6) is 11.5 Å². The molecule has 0 unspecified atom stereocenters. The number of aromatic amines is 1. The number of ketones is 1. The van der Waals surface area contributed by atoms with E-state index in [-0.39, 0.29) is 5.78 Å². The van der Waals surface area contributed by atoms with Gasteiger partial charge in [0.1, 0.15) is 5.82 Å². The number of carbonyl (C=O) groups is 1. The van der Waals surface area contributed by atoms with Gasteiger partial charge in [-0.25, -0.2) is 4.98 Å². The molecule has 0 aliphatic heterocycles. The van der Waals surface area contributed by atoms with Gasteiger partial charge in [0.25, 0.3) is 0 Å². The quantitative estimate of drug-likeness (QED) is 0.336. The van der Waals surface area contributed by atoms with Gasteiger partial charge in [-0.1, -0.05) is 18.2 Å². The Kier molecular flexibility index (Phi) is 5.41. The molecule has 0 spiro atoms. The van der Waals surface area contributed by atoms with E-state index in [1.54, 1.807) is 30.9 Å². The lowest BCUT2D eigenvalue weighted by Crippen LogP contribution is -2.11. The van der Waals surface area contributed by atoms with Crippen LogP contribution in [0.15, 0.2) is 42.5 Å². The summed E-state index contributed by atoms with van der Waals surface area (Å²) in [5, 5.41) is 1.75. The minimum atomic E-state index is 0.0523. The molecule has 2 heterocycles. The number of nitrogens with zero attached hydrogens (tertiary/aromatic N) is 2. The maximum atomic E-state index is 12.6. The van der Waals surface area contributed by atoms with E-state index in [4.69, 9.17) is 27.4 Å². The number of nitrogens with one attached hydrogen (secondary N) is 1. The van der Waals surface area contributed by atoms with Crippen LogP contribution < -0.4 is 15.2 Å². The third-order valence-corrected chi connectivity index (χ3v) is 5.44. The number of hydrogen-bond acceptors (Lipinski definition) is 6. The first-order valence-electron chi connectivity index (χ1n) is 9.55. The van der Waals surface area contributed by atoms with E-state index < -0.39 is 0 Å². The minimum absolute atomic E-state index is 0.0523. The van der Waals surface area contributed by atoms with Gasteiger partial charge >= 0.3 is 0 Å². The van der Waals surface area contributed by atoms with Gasteiger partial charge in [0.15, 0.2) is 17.3 Å². The fraction of sp³-hybridized carbons (Fsp3) is 0.227. The van der Waals surface area contributed by atoms with Gasteiger partial charge in [-0.15, -0.1) is 0 Å². The first-order valence-corrected chi connectivity index (χ1v) is 9.95. The fourth-order valence-electron chi connectivity index (χ4n) is 3.55. The lowest BCUT2D eigenvalue weighted by atomic mass is 10.1. The first kappa shape index (κ1) is 19.9. The molecule has 154 valence electrons. The zero-order valence-corrected chi connectivity index (χ0v) is 17.6. The molecular formula is C22H22N4O3S. The highest BCUT2D eigenvalue weighted by Gasteiger charge is 2.14. The number of benzene rings is 2. The van der Waals surface area contributed by atoms with E-state index in [1.165, 1.54) is 0 Å². The van der Waals surface area contributed by atoms with Crippen molar-refractivity contribution in [2.45, 2.75) is 19.4 Å². The van der Waals surface area contributed by atoms with Crippen molar-refractivity contribution < 1.29 is 14.3 Å². The predicted octanol–water partition coefficient (Wildman–Crippen LogP) is 4.51. The summed E-state index contributed by atoms with van der Waals surface area (Å²) in [6, 6.07) is 13.3. The van der Waals surface area contributed by atoms with E-state index in [9.17, 15) is 4.79 Å². The van der Waals surface area contributed by atoms with Crippen LogP contribution in [0.1, 0.15) is 23.3 Å². The molecule has 0 amide bonds. The number of H-pyrrole nitrogens is 1. The molecule has 4 aromatic rings. The van der Waals surface area contributed by atoms with Crippen LogP contribution >= 0.6 is 12.2 Å².